The zero-order valence-corrected chi connectivity index (χ0v) is 14.8. The highest BCUT2D eigenvalue weighted by Crippen LogP contribution is 2.30. The zero-order valence-electron chi connectivity index (χ0n) is 13.2. The lowest BCUT2D eigenvalue weighted by molar-refractivity contribution is 0.0898. The summed E-state index contributed by atoms with van der Waals surface area (Å²) in [5, 5.41) is 5.83. The molecule has 0 aliphatic heterocycles. The van der Waals surface area contributed by atoms with Crippen molar-refractivity contribution in [2.24, 2.45) is 5.73 Å². The predicted octanol–water partition coefficient (Wildman–Crippen LogP) is 3.54. The summed E-state index contributed by atoms with van der Waals surface area (Å²) < 4.78 is 0. The van der Waals surface area contributed by atoms with Crippen LogP contribution in [-0.2, 0) is 0 Å². The van der Waals surface area contributed by atoms with Gasteiger partial charge in [0.25, 0.3) is 5.91 Å². The molecule has 6 heteroatoms. The molecule has 0 bridgehead atoms. The number of benzene rings is 1. The van der Waals surface area contributed by atoms with E-state index in [-0.39, 0.29) is 23.9 Å². The molecule has 0 spiro atoms. The molecule has 124 valence electrons. The Balaban J connectivity index is 0.00000192. The smallest absolute Gasteiger partial charge is 0.271 e. The van der Waals surface area contributed by atoms with Crippen LogP contribution in [0.4, 0.5) is 0 Å². The third-order valence-corrected chi connectivity index (χ3v) is 5.32. The largest absolute Gasteiger partial charge is 0.344 e. The van der Waals surface area contributed by atoms with Crippen molar-refractivity contribution in [2.45, 2.75) is 38.1 Å². The molecule has 1 aliphatic rings. The van der Waals surface area contributed by atoms with Crippen molar-refractivity contribution in [1.29, 1.82) is 0 Å². The zero-order chi connectivity index (χ0) is 15.6. The van der Waals surface area contributed by atoms with Crippen molar-refractivity contribution >= 4 is 29.7 Å². The molecular formula is C17H22ClN3OS. The summed E-state index contributed by atoms with van der Waals surface area (Å²) in [6.45, 7) is 2.55. The summed E-state index contributed by atoms with van der Waals surface area (Å²) in [6.07, 6.45) is 4.18. The Morgan fingerprint density at radius 3 is 2.70 bits per heavy atom. The third-order valence-electron chi connectivity index (χ3n) is 4.44. The van der Waals surface area contributed by atoms with Gasteiger partial charge in [0.2, 0.25) is 0 Å². The van der Waals surface area contributed by atoms with Gasteiger partial charge in [-0.2, -0.15) is 0 Å². The second-order valence-corrected chi connectivity index (χ2v) is 6.86. The first-order chi connectivity index (χ1) is 10.6. The van der Waals surface area contributed by atoms with Crippen LogP contribution < -0.4 is 11.1 Å². The van der Waals surface area contributed by atoms with Crippen LogP contribution >= 0.6 is 23.7 Å². The van der Waals surface area contributed by atoms with Crippen molar-refractivity contribution < 1.29 is 4.79 Å². The van der Waals surface area contributed by atoms with Gasteiger partial charge in [-0.3, -0.25) is 4.79 Å². The fraction of sp³-hybridized carbons (Fsp3) is 0.412. The van der Waals surface area contributed by atoms with Crippen LogP contribution in [0.3, 0.4) is 0 Å². The number of hydrogen-bond acceptors (Lipinski definition) is 4. The molecule has 1 fully saturated rings. The first kappa shape index (κ1) is 17.9. The molecule has 3 rings (SSSR count). The Morgan fingerprint density at radius 2 is 2.04 bits per heavy atom. The molecule has 0 saturated heterocycles. The summed E-state index contributed by atoms with van der Waals surface area (Å²) in [5.74, 6) is -0.108. The van der Waals surface area contributed by atoms with Crippen LogP contribution in [0.25, 0.3) is 10.6 Å². The Hall–Kier alpha value is -1.43. The molecule has 3 N–H and O–H groups in total. The monoisotopic (exact) mass is 351 g/mol. The number of halogens is 1. The SMILES string of the molecule is Cc1ccccc1-c1nc(C(=O)NC2(CN)CCCC2)cs1.Cl. The molecule has 23 heavy (non-hydrogen) atoms. The van der Waals surface area contributed by atoms with E-state index in [1.807, 2.05) is 23.6 Å². The lowest BCUT2D eigenvalue weighted by atomic mass is 9.98. The number of carbonyl (C=O) groups is 1. The van der Waals surface area contributed by atoms with E-state index >= 15 is 0 Å². The highest BCUT2D eigenvalue weighted by atomic mass is 35.5. The number of nitrogens with two attached hydrogens (primary N) is 1. The number of nitrogens with one attached hydrogen (secondary N) is 1. The van der Waals surface area contributed by atoms with Crippen molar-refractivity contribution in [2.75, 3.05) is 6.54 Å². The maximum Gasteiger partial charge on any atom is 0.271 e. The number of hydrogen-bond donors (Lipinski definition) is 2. The van der Waals surface area contributed by atoms with Gasteiger partial charge in [-0.15, -0.1) is 23.7 Å². The fourth-order valence-corrected chi connectivity index (χ4v) is 3.94. The van der Waals surface area contributed by atoms with Gasteiger partial charge >= 0.3 is 0 Å². The number of nitrogens with zero attached hydrogens (tertiary/aromatic N) is 1. The van der Waals surface area contributed by atoms with E-state index in [1.165, 1.54) is 11.3 Å². The number of thiazole rings is 1. The van der Waals surface area contributed by atoms with Crippen molar-refractivity contribution in [3.63, 3.8) is 0 Å². The van der Waals surface area contributed by atoms with Crippen molar-refractivity contribution in [1.82, 2.24) is 10.3 Å². The van der Waals surface area contributed by atoms with Gasteiger partial charge < -0.3 is 11.1 Å². The summed E-state index contributed by atoms with van der Waals surface area (Å²) >= 11 is 1.51. The highest BCUT2D eigenvalue weighted by Gasteiger charge is 2.34. The van der Waals surface area contributed by atoms with Crippen LogP contribution in [0.1, 0.15) is 41.7 Å². The summed E-state index contributed by atoms with van der Waals surface area (Å²) in [4.78, 5) is 17.0. The Bertz CT molecular complexity index is 680. The normalized spacial score (nSPS) is 15.9. The first-order valence-electron chi connectivity index (χ1n) is 7.68. The molecule has 1 aromatic carbocycles. The summed E-state index contributed by atoms with van der Waals surface area (Å²) in [7, 11) is 0. The van der Waals surface area contributed by atoms with E-state index in [2.05, 4.69) is 23.3 Å². The van der Waals surface area contributed by atoms with E-state index in [9.17, 15) is 4.79 Å². The van der Waals surface area contributed by atoms with Gasteiger partial charge in [-0.1, -0.05) is 37.1 Å². The molecule has 1 heterocycles. The number of rotatable bonds is 4. The first-order valence-corrected chi connectivity index (χ1v) is 8.56. The predicted molar refractivity (Wildman–Crippen MR) is 97.3 cm³/mol. The van der Waals surface area contributed by atoms with Gasteiger partial charge in [0, 0.05) is 17.5 Å². The van der Waals surface area contributed by atoms with E-state index in [1.54, 1.807) is 0 Å². The minimum atomic E-state index is -0.233. The Morgan fingerprint density at radius 1 is 1.35 bits per heavy atom. The minimum absolute atomic E-state index is 0. The topological polar surface area (TPSA) is 68.0 Å². The molecular weight excluding hydrogens is 330 g/mol. The number of aryl methyl sites for hydroxylation is 1. The van der Waals surface area contributed by atoms with E-state index < -0.39 is 0 Å². The summed E-state index contributed by atoms with van der Waals surface area (Å²) in [5.41, 5.74) is 8.38. The van der Waals surface area contributed by atoms with E-state index in [4.69, 9.17) is 5.73 Å². The number of amides is 1. The fourth-order valence-electron chi connectivity index (χ4n) is 3.05. The van der Waals surface area contributed by atoms with Crippen LogP contribution in [0.2, 0.25) is 0 Å². The van der Waals surface area contributed by atoms with Crippen molar-refractivity contribution in [3.8, 4) is 10.6 Å². The van der Waals surface area contributed by atoms with Crippen LogP contribution in [-0.4, -0.2) is 23.0 Å². The van der Waals surface area contributed by atoms with E-state index in [0.29, 0.717) is 12.2 Å². The average molecular weight is 352 g/mol. The third kappa shape index (κ3) is 3.74. The van der Waals surface area contributed by atoms with Crippen LogP contribution in [0, 0.1) is 6.92 Å². The van der Waals surface area contributed by atoms with Crippen LogP contribution in [0.5, 0.6) is 0 Å². The average Bonchev–Trinajstić information content (AvgIpc) is 3.17. The van der Waals surface area contributed by atoms with Crippen LogP contribution in [0.15, 0.2) is 29.6 Å². The second-order valence-electron chi connectivity index (χ2n) is 6.00. The minimum Gasteiger partial charge on any atom is -0.344 e. The lowest BCUT2D eigenvalue weighted by Crippen LogP contribution is -2.51. The molecule has 1 saturated carbocycles. The van der Waals surface area contributed by atoms with Gasteiger partial charge in [0.05, 0.1) is 5.54 Å². The molecule has 0 atom stereocenters. The van der Waals surface area contributed by atoms with Gasteiger partial charge in [0.15, 0.2) is 0 Å². The second kappa shape index (κ2) is 7.43. The molecule has 1 aliphatic carbocycles. The van der Waals surface area contributed by atoms with Crippen molar-refractivity contribution in [3.05, 3.63) is 40.9 Å². The Kier molecular flexibility index (Phi) is 5.79. The number of aromatic nitrogens is 1. The van der Waals surface area contributed by atoms with Gasteiger partial charge in [0.1, 0.15) is 10.7 Å². The summed E-state index contributed by atoms with van der Waals surface area (Å²) in [6, 6.07) is 8.09. The molecule has 4 nitrogen and oxygen atoms in total. The quantitative estimate of drug-likeness (QED) is 0.885. The lowest BCUT2D eigenvalue weighted by Gasteiger charge is -2.28. The van der Waals surface area contributed by atoms with Gasteiger partial charge in [-0.25, -0.2) is 4.98 Å². The van der Waals surface area contributed by atoms with E-state index in [0.717, 1.165) is 41.8 Å². The number of carbonyl (C=O) groups excluding carboxylic acids is 1. The standard InChI is InChI=1S/C17H21N3OS.ClH/c1-12-6-2-3-7-13(12)16-19-14(10-22-16)15(21)20-17(11-18)8-4-5-9-17;/h2-3,6-7,10H,4-5,8-9,11,18H2,1H3,(H,20,21);1H. The Labute approximate surface area is 146 Å². The molecule has 0 radical (unpaired) electrons. The maximum absolute atomic E-state index is 12.5. The maximum atomic E-state index is 12.5. The van der Waals surface area contributed by atoms with Gasteiger partial charge in [-0.05, 0) is 25.3 Å². The molecule has 1 amide bonds. The highest BCUT2D eigenvalue weighted by molar-refractivity contribution is 7.13. The molecule has 0 unspecified atom stereocenters. The molecule has 1 aromatic heterocycles. The molecule has 2 aromatic rings.